The van der Waals surface area contributed by atoms with Crippen molar-refractivity contribution in [1.82, 2.24) is 15.5 Å². The first-order chi connectivity index (χ1) is 16.8. The van der Waals surface area contributed by atoms with Gasteiger partial charge in [0.1, 0.15) is 18.0 Å². The third-order valence-electron chi connectivity index (χ3n) is 6.11. The van der Waals surface area contributed by atoms with E-state index in [4.69, 9.17) is 20.1 Å². The molecule has 0 amide bonds. The zero-order valence-corrected chi connectivity index (χ0v) is 19.8. The van der Waals surface area contributed by atoms with Crippen LogP contribution in [0, 0.1) is 0 Å². The molecule has 1 aliphatic rings. The number of hydrogen-bond acceptors (Lipinski definition) is 10. The van der Waals surface area contributed by atoms with Gasteiger partial charge in [-0.3, -0.25) is 0 Å². The molecule has 0 aliphatic heterocycles. The van der Waals surface area contributed by atoms with E-state index in [1.165, 1.54) is 0 Å². The average molecular weight is 485 g/mol. The van der Waals surface area contributed by atoms with E-state index in [9.17, 15) is 15.3 Å². The molecular formula is C25H32N4O6. The molecule has 0 saturated heterocycles. The molecule has 1 aromatic heterocycles. The van der Waals surface area contributed by atoms with Crippen molar-refractivity contribution in [3.63, 3.8) is 0 Å². The molecule has 0 unspecified atom stereocenters. The zero-order chi connectivity index (χ0) is 25.1. The van der Waals surface area contributed by atoms with Gasteiger partial charge < -0.3 is 40.7 Å². The van der Waals surface area contributed by atoms with Gasteiger partial charge in [-0.15, -0.1) is 0 Å². The van der Waals surface area contributed by atoms with E-state index in [0.29, 0.717) is 28.7 Å². The number of aliphatic hydroxyl groups excluding tert-OH is 4. The molecule has 0 radical (unpaired) electrons. The van der Waals surface area contributed by atoms with Crippen molar-refractivity contribution in [3.8, 4) is 28.6 Å². The van der Waals surface area contributed by atoms with Crippen LogP contribution in [0.3, 0.4) is 0 Å². The van der Waals surface area contributed by atoms with E-state index >= 15 is 0 Å². The van der Waals surface area contributed by atoms with Gasteiger partial charge in [0, 0.05) is 23.7 Å². The second-order valence-electron chi connectivity index (χ2n) is 9.02. The molecule has 35 heavy (non-hydrogen) atoms. The summed E-state index contributed by atoms with van der Waals surface area (Å²) in [4.78, 5) is 4.59. The van der Waals surface area contributed by atoms with E-state index in [1.807, 2.05) is 38.1 Å². The summed E-state index contributed by atoms with van der Waals surface area (Å²) < 4.78 is 11.2. The second kappa shape index (κ2) is 10.7. The van der Waals surface area contributed by atoms with Crippen LogP contribution in [0.4, 0.5) is 5.69 Å². The van der Waals surface area contributed by atoms with Crippen LogP contribution < -0.4 is 15.8 Å². The summed E-state index contributed by atoms with van der Waals surface area (Å²) in [7, 11) is 0. The lowest BCUT2D eigenvalue weighted by molar-refractivity contribution is -0.0755. The first-order valence-corrected chi connectivity index (χ1v) is 11.7. The maximum atomic E-state index is 10.1. The molecule has 1 heterocycles. The van der Waals surface area contributed by atoms with Crippen molar-refractivity contribution in [2.24, 2.45) is 0 Å². The molecule has 1 aliphatic carbocycles. The molecular weight excluding hydrogens is 452 g/mol. The fourth-order valence-corrected chi connectivity index (χ4v) is 4.32. The Balaban J connectivity index is 1.50. The predicted molar refractivity (Wildman–Crippen MR) is 130 cm³/mol. The van der Waals surface area contributed by atoms with E-state index in [2.05, 4.69) is 15.5 Å². The number of benzene rings is 2. The monoisotopic (exact) mass is 484 g/mol. The van der Waals surface area contributed by atoms with E-state index in [-0.39, 0.29) is 18.7 Å². The quantitative estimate of drug-likeness (QED) is 0.232. The molecule has 7 N–H and O–H groups in total. The molecule has 10 heteroatoms. The molecule has 4 rings (SSSR count). The van der Waals surface area contributed by atoms with Crippen LogP contribution in [-0.4, -0.2) is 68.1 Å². The summed E-state index contributed by atoms with van der Waals surface area (Å²) >= 11 is 0. The number of anilines is 1. The molecule has 3 aromatic rings. The van der Waals surface area contributed by atoms with Crippen LogP contribution in [-0.2, 0) is 6.42 Å². The molecule has 0 fully saturated rings. The minimum Gasteiger partial charge on any atom is -0.489 e. The Morgan fingerprint density at radius 1 is 1.17 bits per heavy atom. The number of rotatable bonds is 10. The van der Waals surface area contributed by atoms with Crippen molar-refractivity contribution >= 4 is 5.69 Å². The molecule has 0 spiro atoms. The molecule has 4 atom stereocenters. The number of nitrogens with one attached hydrogen (secondary N) is 1. The number of ether oxygens (including phenoxy) is 1. The minimum atomic E-state index is -1.43. The Kier molecular flexibility index (Phi) is 7.68. The Morgan fingerprint density at radius 2 is 1.97 bits per heavy atom. The predicted octanol–water partition coefficient (Wildman–Crippen LogP) is 1.42. The van der Waals surface area contributed by atoms with Gasteiger partial charge in [0.25, 0.3) is 5.89 Å². The molecule has 10 nitrogen and oxygen atoms in total. The van der Waals surface area contributed by atoms with E-state index < -0.39 is 24.9 Å². The Labute approximate surface area is 203 Å². The number of nitrogen functional groups attached to an aromatic ring is 1. The minimum absolute atomic E-state index is 0.0112. The highest BCUT2D eigenvalue weighted by atomic mass is 16.5. The maximum Gasteiger partial charge on any atom is 0.258 e. The van der Waals surface area contributed by atoms with Gasteiger partial charge in [-0.2, -0.15) is 4.98 Å². The summed E-state index contributed by atoms with van der Waals surface area (Å²) in [6, 6.07) is 11.2. The van der Waals surface area contributed by atoms with Crippen molar-refractivity contribution in [3.05, 3.63) is 47.5 Å². The lowest BCUT2D eigenvalue weighted by Crippen LogP contribution is -2.45. The highest BCUT2D eigenvalue weighted by Crippen LogP contribution is 2.37. The zero-order valence-electron chi connectivity index (χ0n) is 19.8. The molecule has 188 valence electrons. The van der Waals surface area contributed by atoms with Crippen LogP contribution in [0.15, 0.2) is 40.9 Å². The average Bonchev–Trinajstić information content (AvgIpc) is 3.50. The summed E-state index contributed by atoms with van der Waals surface area (Å²) in [5.74, 6) is 1.43. The number of aliphatic hydroxyl groups is 4. The topological polar surface area (TPSA) is 167 Å². The SMILES string of the molecule is CC(C)Oc1ccc(-c2nc(-c3cccc4c3CC[C@@H]4NC[C@@H](O)[C@H](O)[C@H](O)CO)no2)cc1N. The molecule has 0 bridgehead atoms. The maximum absolute atomic E-state index is 10.1. The Bertz CT molecular complexity index is 1150. The number of aromatic nitrogens is 2. The van der Waals surface area contributed by atoms with E-state index in [1.54, 1.807) is 12.1 Å². The second-order valence-corrected chi connectivity index (χ2v) is 9.02. The number of fused-ring (bicyclic) bond motifs is 1. The third-order valence-corrected chi connectivity index (χ3v) is 6.11. The van der Waals surface area contributed by atoms with Gasteiger partial charge in [0.05, 0.1) is 24.5 Å². The van der Waals surface area contributed by atoms with Gasteiger partial charge >= 0.3 is 0 Å². The van der Waals surface area contributed by atoms with Gasteiger partial charge in [-0.25, -0.2) is 0 Å². The molecule has 2 aromatic carbocycles. The fourth-order valence-electron chi connectivity index (χ4n) is 4.32. The van der Waals surface area contributed by atoms with Crippen molar-refractivity contribution < 1.29 is 29.7 Å². The van der Waals surface area contributed by atoms with E-state index in [0.717, 1.165) is 29.5 Å². The summed E-state index contributed by atoms with van der Waals surface area (Å²) in [5, 5.41) is 45.9. The van der Waals surface area contributed by atoms with Crippen LogP contribution in [0.2, 0.25) is 0 Å². The first kappa shape index (κ1) is 25.1. The summed E-state index contributed by atoms with van der Waals surface area (Å²) in [6.07, 6.45) is -2.46. The van der Waals surface area contributed by atoms with Crippen molar-refractivity contribution in [2.75, 3.05) is 18.9 Å². The first-order valence-electron chi connectivity index (χ1n) is 11.7. The van der Waals surface area contributed by atoms with Gasteiger partial charge in [-0.05, 0) is 56.0 Å². The normalized spacial score (nSPS) is 17.9. The lowest BCUT2D eigenvalue weighted by atomic mass is 10.0. The standard InChI is InChI=1S/C25H32N4O6/c1-13(2)34-22-9-6-14(10-18(22)26)25-28-24(29-35-25)17-5-3-4-16-15(17)7-8-19(16)27-11-20(31)23(33)21(32)12-30/h3-6,9-10,13,19-21,23,27,30-33H,7-8,11-12,26H2,1-2H3/t19-,20+,21+,23-/m0/s1. The Hall–Kier alpha value is -3.02. The van der Waals surface area contributed by atoms with Crippen LogP contribution in [0.1, 0.15) is 37.4 Å². The smallest absolute Gasteiger partial charge is 0.258 e. The third kappa shape index (κ3) is 5.47. The van der Waals surface area contributed by atoms with Crippen LogP contribution >= 0.6 is 0 Å². The van der Waals surface area contributed by atoms with Crippen LogP contribution in [0.5, 0.6) is 5.75 Å². The molecule has 0 saturated carbocycles. The van der Waals surface area contributed by atoms with Gasteiger partial charge in [-0.1, -0.05) is 23.4 Å². The van der Waals surface area contributed by atoms with Crippen molar-refractivity contribution in [1.29, 1.82) is 0 Å². The Morgan fingerprint density at radius 3 is 2.69 bits per heavy atom. The summed E-state index contributed by atoms with van der Waals surface area (Å²) in [6.45, 7) is 3.31. The lowest BCUT2D eigenvalue weighted by Gasteiger charge is -2.23. The highest BCUT2D eigenvalue weighted by molar-refractivity contribution is 5.69. The van der Waals surface area contributed by atoms with Gasteiger partial charge in [0.15, 0.2) is 0 Å². The van der Waals surface area contributed by atoms with Crippen LogP contribution in [0.25, 0.3) is 22.8 Å². The fraction of sp³-hybridized carbons (Fsp3) is 0.440. The highest BCUT2D eigenvalue weighted by Gasteiger charge is 2.29. The van der Waals surface area contributed by atoms with Gasteiger partial charge in [0.2, 0.25) is 5.82 Å². The largest absolute Gasteiger partial charge is 0.489 e. The van der Waals surface area contributed by atoms with Crippen molar-refractivity contribution in [2.45, 2.75) is 57.1 Å². The summed E-state index contributed by atoms with van der Waals surface area (Å²) in [5.41, 5.74) is 10.3. The number of nitrogens with two attached hydrogens (primary N) is 1. The number of hydrogen-bond donors (Lipinski definition) is 6. The number of nitrogens with zero attached hydrogens (tertiary/aromatic N) is 2.